The molecule has 0 aromatic heterocycles. The van der Waals surface area contributed by atoms with Gasteiger partial charge in [-0.1, -0.05) is 137 Å². The molecule has 0 saturated carbocycles. The van der Waals surface area contributed by atoms with Gasteiger partial charge in [0.25, 0.3) is 0 Å². The van der Waals surface area contributed by atoms with E-state index in [1.807, 2.05) is 149 Å². The maximum absolute atomic E-state index is 12.6. The number of benzene rings is 12. The number of ketones is 4. The topological polar surface area (TPSA) is 124 Å². The van der Waals surface area contributed by atoms with E-state index in [0.29, 0.717) is 61.8 Å². The van der Waals surface area contributed by atoms with Gasteiger partial charge in [-0.2, -0.15) is 0 Å². The highest BCUT2D eigenvalue weighted by Gasteiger charge is 2.14. The van der Waals surface area contributed by atoms with Gasteiger partial charge >= 0.3 is 0 Å². The summed E-state index contributed by atoms with van der Waals surface area (Å²) in [6, 6.07) is 90.2. The summed E-state index contributed by atoms with van der Waals surface area (Å²) in [4.78, 5) is 49.6. The van der Waals surface area contributed by atoms with Crippen molar-refractivity contribution in [3.63, 3.8) is 0 Å². The lowest BCUT2D eigenvalue weighted by Gasteiger charge is -2.08. The van der Waals surface area contributed by atoms with Crippen LogP contribution in [0.3, 0.4) is 0 Å². The molecule has 0 aliphatic heterocycles. The van der Waals surface area contributed by atoms with E-state index in [0.717, 1.165) is 51.2 Å². The van der Waals surface area contributed by atoms with Crippen LogP contribution in [0.2, 0.25) is 0 Å². The molecule has 0 unspecified atom stereocenters. The van der Waals surface area contributed by atoms with Gasteiger partial charge in [0.15, 0.2) is 23.1 Å². The maximum Gasteiger partial charge on any atom is 0.193 e. The molecular weight excluding hydrogens is 1170 g/mol. The van der Waals surface area contributed by atoms with Crippen LogP contribution in [0.25, 0.3) is 11.1 Å². The van der Waals surface area contributed by atoms with Crippen LogP contribution in [0, 0.1) is 34.6 Å². The minimum Gasteiger partial charge on any atom is -0.497 e. The molecule has 0 aliphatic carbocycles. The lowest BCUT2D eigenvalue weighted by molar-refractivity contribution is 0.103. The Morgan fingerprint density at radius 2 is 0.309 bits per heavy atom. The molecular formula is C84H72O10. The second kappa shape index (κ2) is 32.7. The van der Waals surface area contributed by atoms with E-state index in [1.165, 1.54) is 22.3 Å². The Morgan fingerprint density at radius 3 is 0.500 bits per heavy atom. The lowest BCUT2D eigenvalue weighted by atomic mass is 10.0. The number of carbonyl (C=O) groups excluding carboxylic acids is 4. The Bertz CT molecular complexity index is 4250. The third kappa shape index (κ3) is 19.1. The molecule has 0 bridgehead atoms. The fourth-order valence-corrected chi connectivity index (χ4v) is 9.41. The first kappa shape index (κ1) is 66.5. The molecule has 0 fully saturated rings. The number of rotatable bonds is 18. The molecule has 12 aromatic carbocycles. The van der Waals surface area contributed by atoms with Crippen molar-refractivity contribution in [2.45, 2.75) is 34.6 Å². The molecule has 0 heterocycles. The largest absolute Gasteiger partial charge is 0.497 e. The van der Waals surface area contributed by atoms with E-state index in [-0.39, 0.29) is 23.1 Å². The molecule has 12 rings (SSSR count). The minimum absolute atomic E-state index is 0.0130. The summed E-state index contributed by atoms with van der Waals surface area (Å²) in [5.74, 6) is 6.62. The number of methoxy groups -OCH3 is 3. The third-order valence-electron chi connectivity index (χ3n) is 15.0. The third-order valence-corrected chi connectivity index (χ3v) is 15.0. The summed E-state index contributed by atoms with van der Waals surface area (Å²) in [6.45, 7) is 10.2. The van der Waals surface area contributed by atoms with E-state index in [9.17, 15) is 19.2 Å². The smallest absolute Gasteiger partial charge is 0.193 e. The molecule has 0 N–H and O–H groups in total. The average molecular weight is 1240 g/mol. The Balaban J connectivity index is 0.000000150. The molecule has 0 aliphatic rings. The van der Waals surface area contributed by atoms with Crippen LogP contribution in [-0.2, 0) is 0 Å². The van der Waals surface area contributed by atoms with Gasteiger partial charge in [0.05, 0.1) is 21.3 Å². The van der Waals surface area contributed by atoms with Gasteiger partial charge in [0, 0.05) is 44.5 Å². The van der Waals surface area contributed by atoms with Crippen molar-refractivity contribution >= 4 is 23.1 Å². The van der Waals surface area contributed by atoms with Gasteiger partial charge < -0.3 is 28.4 Å². The van der Waals surface area contributed by atoms with Crippen LogP contribution in [0.1, 0.15) is 91.5 Å². The summed E-state index contributed by atoms with van der Waals surface area (Å²) < 4.78 is 32.8. The summed E-state index contributed by atoms with van der Waals surface area (Å²) in [5, 5.41) is 0. The monoisotopic (exact) mass is 1240 g/mol. The highest BCUT2D eigenvalue weighted by Crippen LogP contribution is 2.29. The fraction of sp³-hybridized carbons (Fsp3) is 0.0952. The summed E-state index contributed by atoms with van der Waals surface area (Å²) >= 11 is 0. The van der Waals surface area contributed by atoms with Gasteiger partial charge in [-0.25, -0.2) is 0 Å². The van der Waals surface area contributed by atoms with Crippen molar-refractivity contribution in [3.05, 3.63) is 364 Å². The second-order valence-electron chi connectivity index (χ2n) is 22.1. The van der Waals surface area contributed by atoms with Gasteiger partial charge in [-0.3, -0.25) is 19.2 Å². The Kier molecular flexibility index (Phi) is 23.2. The van der Waals surface area contributed by atoms with Gasteiger partial charge in [0.1, 0.15) is 51.7 Å². The molecule has 10 heteroatoms. The van der Waals surface area contributed by atoms with Gasteiger partial charge in [-0.15, -0.1) is 0 Å². The zero-order valence-corrected chi connectivity index (χ0v) is 53.8. The first-order chi connectivity index (χ1) is 45.6. The quantitative estimate of drug-likeness (QED) is 0.0767. The van der Waals surface area contributed by atoms with Gasteiger partial charge in [0.2, 0.25) is 0 Å². The number of carbonyl (C=O) groups is 4. The van der Waals surface area contributed by atoms with Crippen LogP contribution in [0.15, 0.2) is 291 Å². The van der Waals surface area contributed by atoms with Gasteiger partial charge in [-0.05, 0) is 228 Å². The van der Waals surface area contributed by atoms with Crippen molar-refractivity contribution < 1.29 is 47.6 Å². The number of hydrogen-bond acceptors (Lipinski definition) is 10. The zero-order chi connectivity index (χ0) is 66.3. The average Bonchev–Trinajstić information content (AvgIpc) is 1.78. The highest BCUT2D eigenvalue weighted by molar-refractivity contribution is 6.11. The summed E-state index contributed by atoms with van der Waals surface area (Å²) in [5.41, 5.74) is 13.5. The number of ether oxygens (including phenoxy) is 6. The van der Waals surface area contributed by atoms with Crippen molar-refractivity contribution in [2.75, 3.05) is 21.3 Å². The Hall–Kier alpha value is -11.9. The zero-order valence-electron chi connectivity index (χ0n) is 53.8. The molecule has 0 saturated heterocycles. The normalized spacial score (nSPS) is 10.3. The summed E-state index contributed by atoms with van der Waals surface area (Å²) in [7, 11) is 4.81. The van der Waals surface area contributed by atoms with E-state index in [2.05, 4.69) is 43.3 Å². The highest BCUT2D eigenvalue weighted by atomic mass is 16.5. The summed E-state index contributed by atoms with van der Waals surface area (Å²) in [6.07, 6.45) is 0. The van der Waals surface area contributed by atoms with Crippen molar-refractivity contribution in [1.82, 2.24) is 0 Å². The molecule has 0 radical (unpaired) electrons. The van der Waals surface area contributed by atoms with E-state index < -0.39 is 0 Å². The Morgan fingerprint density at radius 1 is 0.181 bits per heavy atom. The predicted molar refractivity (Wildman–Crippen MR) is 374 cm³/mol. The standard InChI is InChI=1S/C27H22O2.2C21H18O3.C15H14O2/c1-19-3-7-21(8-4-19)22-11-15-25(16-12-22)29-26-17-13-24(14-18-26)27(28)23-9-5-20(2)6-10-23;2*1-15-3-9-19(10-4-15)24-20-13-7-17(8-14-20)21(22)16-5-11-18(23-2)12-6-16;1-11-3-5-12(6-4-11)15(16)13-7-9-14(17-2)10-8-13/h3-18H,1-2H3;2*3-14H,1-2H3;3-10H,1-2H3. The predicted octanol–water partition coefficient (Wildman–Crippen LogP) is 20.3. The van der Waals surface area contributed by atoms with Crippen molar-refractivity contribution in [3.8, 4) is 62.9 Å². The van der Waals surface area contributed by atoms with E-state index >= 15 is 0 Å². The maximum atomic E-state index is 12.6. The molecule has 10 nitrogen and oxygen atoms in total. The first-order valence-corrected chi connectivity index (χ1v) is 30.5. The van der Waals surface area contributed by atoms with Crippen molar-refractivity contribution in [1.29, 1.82) is 0 Å². The SMILES string of the molecule is COc1ccc(C(=O)c2ccc(C)cc2)cc1.COc1ccc(C(=O)c2ccc(Oc3ccc(C)cc3)cc2)cc1.COc1ccc(C(=O)c2ccc(Oc3ccc(C)cc3)cc2)cc1.Cc1ccc(C(=O)c2ccc(Oc3ccc(-c4ccc(C)cc4)cc3)cc2)cc1. The first-order valence-electron chi connectivity index (χ1n) is 30.5. The van der Waals surface area contributed by atoms with Crippen LogP contribution >= 0.6 is 0 Å². The second-order valence-corrected chi connectivity index (χ2v) is 22.1. The Labute approximate surface area is 550 Å². The molecule has 0 amide bonds. The minimum atomic E-state index is -0.0282. The van der Waals surface area contributed by atoms with Crippen LogP contribution in [0.4, 0.5) is 0 Å². The number of hydrogen-bond donors (Lipinski definition) is 0. The van der Waals surface area contributed by atoms with E-state index in [1.54, 1.807) is 155 Å². The molecule has 0 atom stereocenters. The number of aryl methyl sites for hydroxylation is 5. The molecule has 468 valence electrons. The van der Waals surface area contributed by atoms with Crippen LogP contribution < -0.4 is 28.4 Å². The molecule has 94 heavy (non-hydrogen) atoms. The van der Waals surface area contributed by atoms with E-state index in [4.69, 9.17) is 28.4 Å². The lowest BCUT2D eigenvalue weighted by Crippen LogP contribution is -2.01. The molecule has 0 spiro atoms. The van der Waals surface area contributed by atoms with Crippen LogP contribution in [-0.4, -0.2) is 44.5 Å². The fourth-order valence-electron chi connectivity index (χ4n) is 9.41. The van der Waals surface area contributed by atoms with Crippen molar-refractivity contribution in [2.24, 2.45) is 0 Å². The van der Waals surface area contributed by atoms with Crippen LogP contribution in [0.5, 0.6) is 51.7 Å². The molecule has 12 aromatic rings.